The fourth-order valence-corrected chi connectivity index (χ4v) is 2.78. The Labute approximate surface area is 93.5 Å². The minimum absolute atomic E-state index is 0.819. The van der Waals surface area contributed by atoms with Crippen molar-refractivity contribution in [2.75, 3.05) is 0 Å². The topological polar surface area (TPSA) is 0 Å². The van der Waals surface area contributed by atoms with Gasteiger partial charge in [-0.1, -0.05) is 31.0 Å². The number of unbranched alkanes of at least 4 members (excludes halogenated alkanes) is 1. The first-order chi connectivity index (χ1) is 6.81. The molecule has 0 nitrogen and oxygen atoms in total. The van der Waals surface area contributed by atoms with Gasteiger partial charge in [0.2, 0.25) is 0 Å². The molecule has 0 atom stereocenters. The highest BCUT2D eigenvalue weighted by Gasteiger charge is 2.03. The number of fused-ring (bicyclic) bond motifs is 1. The van der Waals surface area contributed by atoms with Crippen LogP contribution in [-0.4, -0.2) is 0 Å². The van der Waals surface area contributed by atoms with Crippen molar-refractivity contribution in [3.63, 3.8) is 0 Å². The quantitative estimate of drug-likeness (QED) is 0.707. The van der Waals surface area contributed by atoms with Crippen molar-refractivity contribution in [1.29, 1.82) is 0 Å². The summed E-state index contributed by atoms with van der Waals surface area (Å²) < 4.78 is 0. The number of aryl methyl sites for hydroxylation is 1. The Kier molecular flexibility index (Phi) is 3.09. The normalized spacial score (nSPS) is 11.0. The van der Waals surface area contributed by atoms with Crippen LogP contribution < -0.4 is 0 Å². The molecule has 0 aliphatic rings. The molecule has 73 valence electrons. The van der Waals surface area contributed by atoms with E-state index in [-0.39, 0.29) is 0 Å². The molecular weight excluding hydrogens is 212 g/mol. The largest absolute Gasteiger partial charge is 0.148 e. The van der Waals surface area contributed by atoms with Gasteiger partial charge < -0.3 is 0 Å². The molecule has 0 bridgehead atoms. The highest BCUT2D eigenvalue weighted by atomic mass is 35.5. The zero-order valence-electron chi connectivity index (χ0n) is 7.92. The van der Waals surface area contributed by atoms with Gasteiger partial charge in [-0.3, -0.25) is 0 Å². The zero-order chi connectivity index (χ0) is 9.97. The number of benzene rings is 1. The maximum Gasteiger partial charge on any atom is 0.0412 e. The standard InChI is InChI=1S/C12H12ClS/c1-2-3-4-12-11-6-5-10(13)7-9(11)8-14-12/h5-8H,1-4H2. The van der Waals surface area contributed by atoms with Crippen LogP contribution in [0, 0.1) is 6.92 Å². The molecule has 2 aromatic rings. The zero-order valence-corrected chi connectivity index (χ0v) is 9.50. The number of hydrogen-bond donors (Lipinski definition) is 0. The first-order valence-corrected chi connectivity index (χ1v) is 6.02. The van der Waals surface area contributed by atoms with Gasteiger partial charge in [-0.2, -0.15) is 0 Å². The van der Waals surface area contributed by atoms with E-state index in [0.29, 0.717) is 0 Å². The van der Waals surface area contributed by atoms with Crippen LogP contribution in [0.5, 0.6) is 0 Å². The smallest absolute Gasteiger partial charge is 0.0412 e. The van der Waals surface area contributed by atoms with Crippen molar-refractivity contribution >= 4 is 33.7 Å². The van der Waals surface area contributed by atoms with Crippen LogP contribution in [0.1, 0.15) is 17.7 Å². The molecule has 14 heavy (non-hydrogen) atoms. The van der Waals surface area contributed by atoms with Crippen LogP contribution in [0.2, 0.25) is 5.02 Å². The van der Waals surface area contributed by atoms with E-state index in [1.807, 2.05) is 23.5 Å². The summed E-state index contributed by atoms with van der Waals surface area (Å²) in [5.41, 5.74) is 0. The summed E-state index contributed by atoms with van der Waals surface area (Å²) in [6.07, 6.45) is 3.31. The third-order valence-electron chi connectivity index (χ3n) is 2.30. The third kappa shape index (κ3) is 1.94. The molecule has 0 N–H and O–H groups in total. The second-order valence-corrected chi connectivity index (χ2v) is 4.75. The van der Waals surface area contributed by atoms with Gasteiger partial charge in [0.15, 0.2) is 0 Å². The van der Waals surface area contributed by atoms with Gasteiger partial charge in [0, 0.05) is 9.90 Å². The molecule has 0 aliphatic carbocycles. The molecule has 0 unspecified atom stereocenters. The van der Waals surface area contributed by atoms with E-state index in [1.54, 1.807) is 0 Å². The van der Waals surface area contributed by atoms with Crippen LogP contribution in [0.25, 0.3) is 10.8 Å². The molecule has 0 fully saturated rings. The van der Waals surface area contributed by atoms with Crippen LogP contribution in [0.4, 0.5) is 0 Å². The number of hydrogen-bond acceptors (Lipinski definition) is 1. The minimum atomic E-state index is 0.819. The fourth-order valence-electron chi connectivity index (χ4n) is 1.56. The molecule has 0 saturated heterocycles. The average molecular weight is 224 g/mol. The van der Waals surface area contributed by atoms with Gasteiger partial charge in [0.1, 0.15) is 0 Å². The van der Waals surface area contributed by atoms with E-state index >= 15 is 0 Å². The predicted octanol–water partition coefficient (Wildman–Crippen LogP) is 4.71. The Balaban J connectivity index is 2.37. The highest BCUT2D eigenvalue weighted by molar-refractivity contribution is 7.11. The average Bonchev–Trinajstić information content (AvgIpc) is 2.57. The van der Waals surface area contributed by atoms with Crippen molar-refractivity contribution in [1.82, 2.24) is 0 Å². The second-order valence-electron chi connectivity index (χ2n) is 3.35. The predicted molar refractivity (Wildman–Crippen MR) is 65.1 cm³/mol. The lowest BCUT2D eigenvalue weighted by molar-refractivity contribution is 0.856. The van der Waals surface area contributed by atoms with Gasteiger partial charge in [0.25, 0.3) is 0 Å². The van der Waals surface area contributed by atoms with Gasteiger partial charge in [-0.25, -0.2) is 0 Å². The van der Waals surface area contributed by atoms with Crippen LogP contribution in [0.15, 0.2) is 23.6 Å². The Morgan fingerprint density at radius 2 is 2.21 bits per heavy atom. The van der Waals surface area contributed by atoms with Crippen LogP contribution >= 0.6 is 22.9 Å². The van der Waals surface area contributed by atoms with Crippen molar-refractivity contribution in [3.05, 3.63) is 40.4 Å². The lowest BCUT2D eigenvalue weighted by atomic mass is 10.1. The SMILES string of the molecule is [CH2]CCCc1scc2cc(Cl)ccc12. The van der Waals surface area contributed by atoms with E-state index in [4.69, 9.17) is 11.6 Å². The molecule has 0 spiro atoms. The van der Waals surface area contributed by atoms with E-state index in [0.717, 1.165) is 24.3 Å². The summed E-state index contributed by atoms with van der Waals surface area (Å²) in [6, 6.07) is 6.11. The number of thiophene rings is 1. The van der Waals surface area contributed by atoms with Crippen LogP contribution in [0.3, 0.4) is 0 Å². The van der Waals surface area contributed by atoms with E-state index in [1.165, 1.54) is 15.6 Å². The molecule has 0 amide bonds. The Bertz CT molecular complexity index is 431. The summed E-state index contributed by atoms with van der Waals surface area (Å²) in [5.74, 6) is 0. The Morgan fingerprint density at radius 1 is 1.36 bits per heavy atom. The van der Waals surface area contributed by atoms with E-state index in [2.05, 4.69) is 18.4 Å². The Morgan fingerprint density at radius 3 is 3.00 bits per heavy atom. The van der Waals surface area contributed by atoms with E-state index < -0.39 is 0 Å². The van der Waals surface area contributed by atoms with Gasteiger partial charge in [-0.15, -0.1) is 11.3 Å². The van der Waals surface area contributed by atoms with Crippen molar-refractivity contribution in [3.8, 4) is 0 Å². The first-order valence-electron chi connectivity index (χ1n) is 4.76. The molecule has 0 aliphatic heterocycles. The van der Waals surface area contributed by atoms with Gasteiger partial charge >= 0.3 is 0 Å². The summed E-state index contributed by atoms with van der Waals surface area (Å²) in [6.45, 7) is 3.86. The molecule has 1 radical (unpaired) electrons. The number of rotatable bonds is 3. The maximum absolute atomic E-state index is 5.93. The monoisotopic (exact) mass is 223 g/mol. The van der Waals surface area contributed by atoms with Gasteiger partial charge in [-0.05, 0) is 41.1 Å². The molecule has 1 heterocycles. The third-order valence-corrected chi connectivity index (χ3v) is 3.61. The van der Waals surface area contributed by atoms with Crippen molar-refractivity contribution in [2.24, 2.45) is 0 Å². The summed E-state index contributed by atoms with van der Waals surface area (Å²) in [4.78, 5) is 1.46. The summed E-state index contributed by atoms with van der Waals surface area (Å²) in [5, 5.41) is 5.62. The van der Waals surface area contributed by atoms with Gasteiger partial charge in [0.05, 0.1) is 0 Å². The van der Waals surface area contributed by atoms with Crippen molar-refractivity contribution < 1.29 is 0 Å². The lowest BCUT2D eigenvalue weighted by Crippen LogP contribution is -1.79. The maximum atomic E-state index is 5.93. The van der Waals surface area contributed by atoms with Crippen molar-refractivity contribution in [2.45, 2.75) is 19.3 Å². The Hall–Kier alpha value is -0.530. The van der Waals surface area contributed by atoms with E-state index in [9.17, 15) is 0 Å². The summed E-state index contributed by atoms with van der Waals surface area (Å²) >= 11 is 7.75. The molecular formula is C12H12ClS. The molecule has 1 aromatic carbocycles. The number of halogens is 1. The molecule has 2 heteroatoms. The minimum Gasteiger partial charge on any atom is -0.148 e. The van der Waals surface area contributed by atoms with Crippen LogP contribution in [-0.2, 0) is 6.42 Å². The first kappa shape index (κ1) is 10.0. The lowest BCUT2D eigenvalue weighted by Gasteiger charge is -1.97. The fraction of sp³-hybridized carbons (Fsp3) is 0.250. The highest BCUT2D eigenvalue weighted by Crippen LogP contribution is 2.29. The molecule has 2 rings (SSSR count). The molecule has 1 aromatic heterocycles. The second kappa shape index (κ2) is 4.33. The summed E-state index contributed by atoms with van der Waals surface area (Å²) in [7, 11) is 0. The molecule has 0 saturated carbocycles.